The summed E-state index contributed by atoms with van der Waals surface area (Å²) >= 11 is 0. The van der Waals surface area contributed by atoms with Crippen LogP contribution in [0, 0.1) is 5.92 Å². The highest BCUT2D eigenvalue weighted by Crippen LogP contribution is 2.29. The van der Waals surface area contributed by atoms with Crippen molar-refractivity contribution < 1.29 is 27.5 Å². The number of rotatable bonds is 6. The Kier molecular flexibility index (Phi) is 6.45. The highest BCUT2D eigenvalue weighted by atomic mass is 19.4. The minimum Gasteiger partial charge on any atom is -0.467 e. The van der Waals surface area contributed by atoms with Gasteiger partial charge in [-0.05, 0) is 36.5 Å². The fourth-order valence-electron chi connectivity index (χ4n) is 3.13. The van der Waals surface area contributed by atoms with Crippen molar-refractivity contribution in [3.05, 3.63) is 35.4 Å². The Hall–Kier alpha value is -2.05. The lowest BCUT2D eigenvalue weighted by Gasteiger charge is -2.18. The molecular formula is C18H22F3NO3. The molecule has 0 aromatic heterocycles. The van der Waals surface area contributed by atoms with Crippen LogP contribution in [0.4, 0.5) is 13.2 Å². The van der Waals surface area contributed by atoms with Crippen molar-refractivity contribution in [3.8, 4) is 0 Å². The fourth-order valence-corrected chi connectivity index (χ4v) is 3.13. The predicted octanol–water partition coefficient (Wildman–Crippen LogP) is 3.49. The third-order valence-electron chi connectivity index (χ3n) is 4.49. The van der Waals surface area contributed by atoms with Crippen molar-refractivity contribution in [2.45, 2.75) is 50.7 Å². The van der Waals surface area contributed by atoms with Crippen LogP contribution < -0.4 is 5.32 Å². The monoisotopic (exact) mass is 357 g/mol. The van der Waals surface area contributed by atoms with E-state index in [-0.39, 0.29) is 12.3 Å². The van der Waals surface area contributed by atoms with Crippen molar-refractivity contribution in [1.82, 2.24) is 5.32 Å². The van der Waals surface area contributed by atoms with Crippen LogP contribution in [0.25, 0.3) is 0 Å². The van der Waals surface area contributed by atoms with Crippen LogP contribution in [0.5, 0.6) is 0 Å². The third kappa shape index (κ3) is 5.76. The number of hydrogen-bond donors (Lipinski definition) is 1. The molecule has 0 unspecified atom stereocenters. The van der Waals surface area contributed by atoms with Gasteiger partial charge in [0.2, 0.25) is 5.91 Å². The molecular weight excluding hydrogens is 335 g/mol. The minimum absolute atomic E-state index is 0.0845. The number of amides is 1. The van der Waals surface area contributed by atoms with Crippen molar-refractivity contribution in [2.75, 3.05) is 7.11 Å². The first-order chi connectivity index (χ1) is 11.8. The summed E-state index contributed by atoms with van der Waals surface area (Å²) in [6.07, 6.45) is 0.287. The number of methoxy groups -OCH3 is 1. The molecule has 0 aliphatic heterocycles. The Bertz CT molecular complexity index is 593. The van der Waals surface area contributed by atoms with E-state index in [9.17, 15) is 22.8 Å². The first kappa shape index (κ1) is 19.3. The Morgan fingerprint density at radius 2 is 1.80 bits per heavy atom. The van der Waals surface area contributed by atoms with Gasteiger partial charge in [-0.3, -0.25) is 4.79 Å². The van der Waals surface area contributed by atoms with E-state index >= 15 is 0 Å². The summed E-state index contributed by atoms with van der Waals surface area (Å²) in [6, 6.07) is 3.63. The zero-order chi connectivity index (χ0) is 18.4. The van der Waals surface area contributed by atoms with Crippen molar-refractivity contribution in [1.29, 1.82) is 0 Å². The van der Waals surface area contributed by atoms with E-state index in [1.807, 2.05) is 0 Å². The SMILES string of the molecule is COC(=O)[C@H](Cc1ccc(C(F)(F)F)cc1)NC(=O)CC1CCCC1. The van der Waals surface area contributed by atoms with E-state index in [2.05, 4.69) is 5.32 Å². The smallest absolute Gasteiger partial charge is 0.416 e. The number of hydrogen-bond acceptors (Lipinski definition) is 3. The lowest BCUT2D eigenvalue weighted by molar-refractivity contribution is -0.145. The van der Waals surface area contributed by atoms with E-state index in [0.29, 0.717) is 17.9 Å². The Morgan fingerprint density at radius 3 is 2.32 bits per heavy atom. The second-order valence-corrected chi connectivity index (χ2v) is 6.40. The molecule has 7 heteroatoms. The number of halogens is 3. The van der Waals surface area contributed by atoms with Crippen LogP contribution in [0.1, 0.15) is 43.2 Å². The van der Waals surface area contributed by atoms with Gasteiger partial charge in [0.05, 0.1) is 12.7 Å². The molecule has 138 valence electrons. The Morgan fingerprint density at radius 1 is 1.20 bits per heavy atom. The largest absolute Gasteiger partial charge is 0.467 e. The van der Waals surface area contributed by atoms with Crippen LogP contribution in [0.2, 0.25) is 0 Å². The van der Waals surface area contributed by atoms with E-state index < -0.39 is 23.8 Å². The summed E-state index contributed by atoms with van der Waals surface area (Å²) in [4.78, 5) is 24.0. The van der Waals surface area contributed by atoms with E-state index in [1.165, 1.54) is 19.2 Å². The van der Waals surface area contributed by atoms with E-state index in [1.54, 1.807) is 0 Å². The number of alkyl halides is 3. The summed E-state index contributed by atoms with van der Waals surface area (Å²) < 4.78 is 42.5. The molecule has 1 N–H and O–H groups in total. The first-order valence-corrected chi connectivity index (χ1v) is 8.33. The molecule has 0 bridgehead atoms. The second kappa shape index (κ2) is 8.36. The van der Waals surface area contributed by atoms with Crippen molar-refractivity contribution >= 4 is 11.9 Å². The van der Waals surface area contributed by atoms with Gasteiger partial charge in [-0.1, -0.05) is 25.0 Å². The molecule has 1 amide bonds. The Labute approximate surface area is 144 Å². The third-order valence-corrected chi connectivity index (χ3v) is 4.49. The van der Waals surface area contributed by atoms with E-state index in [0.717, 1.165) is 37.8 Å². The van der Waals surface area contributed by atoms with Crippen LogP contribution >= 0.6 is 0 Å². The summed E-state index contributed by atoms with van der Waals surface area (Å²) in [7, 11) is 1.21. The van der Waals surface area contributed by atoms with Crippen molar-refractivity contribution in [3.63, 3.8) is 0 Å². The highest BCUT2D eigenvalue weighted by molar-refractivity contribution is 5.84. The predicted molar refractivity (Wildman–Crippen MR) is 85.7 cm³/mol. The second-order valence-electron chi connectivity index (χ2n) is 6.40. The van der Waals surface area contributed by atoms with Crippen LogP contribution in [0.15, 0.2) is 24.3 Å². The van der Waals surface area contributed by atoms with Gasteiger partial charge in [0.1, 0.15) is 6.04 Å². The van der Waals surface area contributed by atoms with Gasteiger partial charge in [0.15, 0.2) is 0 Å². The molecule has 1 atom stereocenters. The molecule has 0 saturated heterocycles. The van der Waals surface area contributed by atoms with Gasteiger partial charge in [-0.25, -0.2) is 4.79 Å². The van der Waals surface area contributed by atoms with Crippen LogP contribution in [-0.4, -0.2) is 25.0 Å². The topological polar surface area (TPSA) is 55.4 Å². The highest BCUT2D eigenvalue weighted by Gasteiger charge is 2.30. The number of nitrogens with one attached hydrogen (secondary N) is 1. The molecule has 1 aliphatic rings. The molecule has 1 saturated carbocycles. The minimum atomic E-state index is -4.41. The quantitative estimate of drug-likeness (QED) is 0.793. The summed E-state index contributed by atoms with van der Waals surface area (Å²) in [5.41, 5.74) is -0.235. The molecule has 2 rings (SSSR count). The van der Waals surface area contributed by atoms with Gasteiger partial charge < -0.3 is 10.1 Å². The lowest BCUT2D eigenvalue weighted by Crippen LogP contribution is -2.43. The van der Waals surface area contributed by atoms with Gasteiger partial charge in [-0.15, -0.1) is 0 Å². The lowest BCUT2D eigenvalue weighted by atomic mass is 10.0. The molecule has 1 aromatic rings. The summed E-state index contributed by atoms with van der Waals surface area (Å²) in [6.45, 7) is 0. The van der Waals surface area contributed by atoms with Crippen molar-refractivity contribution in [2.24, 2.45) is 5.92 Å². The zero-order valence-electron chi connectivity index (χ0n) is 14.1. The molecule has 1 aliphatic carbocycles. The van der Waals surface area contributed by atoms with Gasteiger partial charge in [-0.2, -0.15) is 13.2 Å². The summed E-state index contributed by atoms with van der Waals surface area (Å²) in [5, 5.41) is 2.65. The Balaban J connectivity index is 1.99. The van der Waals surface area contributed by atoms with Gasteiger partial charge in [0, 0.05) is 12.8 Å². The first-order valence-electron chi connectivity index (χ1n) is 8.33. The number of carbonyl (C=O) groups is 2. The van der Waals surface area contributed by atoms with Crippen LogP contribution in [0.3, 0.4) is 0 Å². The number of ether oxygens (including phenoxy) is 1. The molecule has 0 heterocycles. The van der Waals surface area contributed by atoms with Gasteiger partial charge >= 0.3 is 12.1 Å². The molecule has 4 nitrogen and oxygen atoms in total. The maximum absolute atomic E-state index is 12.6. The molecule has 0 radical (unpaired) electrons. The fraction of sp³-hybridized carbons (Fsp3) is 0.556. The average Bonchev–Trinajstić information content (AvgIpc) is 3.06. The summed E-state index contributed by atoms with van der Waals surface area (Å²) in [5.74, 6) is -0.502. The number of carbonyl (C=O) groups excluding carboxylic acids is 2. The maximum atomic E-state index is 12.6. The standard InChI is InChI=1S/C18H22F3NO3/c1-25-17(24)15(22-16(23)11-12-4-2-3-5-12)10-13-6-8-14(9-7-13)18(19,20)21/h6-9,12,15H,2-5,10-11H2,1H3,(H,22,23)/t15-/m0/s1. The van der Waals surface area contributed by atoms with Gasteiger partial charge in [0.25, 0.3) is 0 Å². The average molecular weight is 357 g/mol. The van der Waals surface area contributed by atoms with Crippen LogP contribution in [-0.2, 0) is 26.9 Å². The number of benzene rings is 1. The molecule has 1 aromatic carbocycles. The molecule has 1 fully saturated rings. The zero-order valence-corrected chi connectivity index (χ0v) is 14.1. The number of esters is 1. The normalized spacial score (nSPS) is 16.5. The maximum Gasteiger partial charge on any atom is 0.416 e. The van der Waals surface area contributed by atoms with E-state index in [4.69, 9.17) is 4.74 Å². The molecule has 25 heavy (non-hydrogen) atoms. The molecule has 0 spiro atoms.